The third-order valence-electron chi connectivity index (χ3n) is 4.59. The van der Waals surface area contributed by atoms with Gasteiger partial charge >= 0.3 is 0 Å². The van der Waals surface area contributed by atoms with Crippen LogP contribution >= 0.6 is 0 Å². The van der Waals surface area contributed by atoms with E-state index < -0.39 is 0 Å². The summed E-state index contributed by atoms with van der Waals surface area (Å²) in [5.41, 5.74) is 2.06. The highest BCUT2D eigenvalue weighted by Gasteiger charge is 2.20. The summed E-state index contributed by atoms with van der Waals surface area (Å²) in [5, 5.41) is 5.76. The average Bonchev–Trinajstić information content (AvgIpc) is 2.61. The number of hydrogen-bond acceptors (Lipinski definition) is 3. The maximum Gasteiger partial charge on any atom is 0.223 e. The van der Waals surface area contributed by atoms with E-state index >= 15 is 0 Å². The number of benzene rings is 1. The molecule has 0 saturated heterocycles. The quantitative estimate of drug-likeness (QED) is 0.807. The maximum absolute atomic E-state index is 12.0. The fraction of sp³-hybridized carbons (Fsp3) is 0.579. The van der Waals surface area contributed by atoms with Gasteiger partial charge in [-0.2, -0.15) is 0 Å². The minimum Gasteiger partial charge on any atom is -0.496 e. The van der Waals surface area contributed by atoms with Crippen molar-refractivity contribution in [2.45, 2.75) is 52.0 Å². The number of rotatable bonds is 7. The van der Waals surface area contributed by atoms with E-state index in [0.29, 0.717) is 19.5 Å². The number of methoxy groups -OCH3 is 1. The van der Waals surface area contributed by atoms with Crippen LogP contribution in [0, 0.1) is 12.8 Å². The standard InChI is InChI=1S/C19H28N2O3/c1-14-8-9-15(12-17(14)24-2)13-21-18(22)10-11-20-19(23)16-6-4-3-5-7-16/h8-9,12,16H,3-7,10-11,13H2,1-2H3,(H,20,23)(H,21,22). The molecular weight excluding hydrogens is 304 g/mol. The van der Waals surface area contributed by atoms with Crippen molar-refractivity contribution in [2.75, 3.05) is 13.7 Å². The molecule has 2 amide bonds. The Kier molecular flexibility index (Phi) is 7.09. The van der Waals surface area contributed by atoms with Crippen LogP contribution in [-0.4, -0.2) is 25.5 Å². The summed E-state index contributed by atoms with van der Waals surface area (Å²) in [7, 11) is 1.64. The van der Waals surface area contributed by atoms with Crippen LogP contribution in [-0.2, 0) is 16.1 Å². The first kappa shape index (κ1) is 18.3. The summed E-state index contributed by atoms with van der Waals surface area (Å²) in [5.74, 6) is 1.01. The molecule has 0 unspecified atom stereocenters. The topological polar surface area (TPSA) is 67.4 Å². The molecular formula is C19H28N2O3. The minimum atomic E-state index is -0.0570. The van der Waals surface area contributed by atoms with Crippen LogP contribution in [0.4, 0.5) is 0 Å². The van der Waals surface area contributed by atoms with Gasteiger partial charge in [0.05, 0.1) is 7.11 Å². The normalized spacial score (nSPS) is 14.9. The van der Waals surface area contributed by atoms with E-state index in [1.54, 1.807) is 7.11 Å². The minimum absolute atomic E-state index is 0.0570. The van der Waals surface area contributed by atoms with Crippen LogP contribution < -0.4 is 15.4 Å². The van der Waals surface area contributed by atoms with Gasteiger partial charge in [0.2, 0.25) is 11.8 Å². The molecule has 0 spiro atoms. The van der Waals surface area contributed by atoms with Crippen molar-refractivity contribution < 1.29 is 14.3 Å². The lowest BCUT2D eigenvalue weighted by atomic mass is 9.89. The third-order valence-corrected chi connectivity index (χ3v) is 4.59. The molecule has 0 heterocycles. The van der Waals surface area contributed by atoms with Gasteiger partial charge in [-0.3, -0.25) is 9.59 Å². The van der Waals surface area contributed by atoms with Gasteiger partial charge in [0.15, 0.2) is 0 Å². The zero-order valence-electron chi connectivity index (χ0n) is 14.7. The molecule has 0 radical (unpaired) electrons. The van der Waals surface area contributed by atoms with Crippen LogP contribution in [0.2, 0.25) is 0 Å². The predicted octanol–water partition coefficient (Wildman–Crippen LogP) is 2.71. The Bertz CT molecular complexity index is 566. The van der Waals surface area contributed by atoms with E-state index in [1.165, 1.54) is 6.42 Å². The molecule has 1 aromatic carbocycles. The molecule has 1 saturated carbocycles. The Hall–Kier alpha value is -2.04. The SMILES string of the molecule is COc1cc(CNC(=O)CCNC(=O)C2CCCCC2)ccc1C. The summed E-state index contributed by atoms with van der Waals surface area (Å²) >= 11 is 0. The molecule has 1 fully saturated rings. The Balaban J connectivity index is 1.67. The van der Waals surface area contributed by atoms with Crippen molar-refractivity contribution in [1.29, 1.82) is 0 Å². The summed E-state index contributed by atoms with van der Waals surface area (Å²) in [4.78, 5) is 23.9. The molecule has 0 bridgehead atoms. The van der Waals surface area contributed by atoms with Gasteiger partial charge in [-0.15, -0.1) is 0 Å². The lowest BCUT2D eigenvalue weighted by Crippen LogP contribution is -2.35. The molecule has 1 aliphatic carbocycles. The first-order valence-corrected chi connectivity index (χ1v) is 8.78. The Morgan fingerprint density at radius 1 is 1.17 bits per heavy atom. The van der Waals surface area contributed by atoms with Crippen LogP contribution in [0.15, 0.2) is 18.2 Å². The molecule has 0 aliphatic heterocycles. The Morgan fingerprint density at radius 2 is 1.92 bits per heavy atom. The van der Waals surface area contributed by atoms with E-state index in [1.807, 2.05) is 25.1 Å². The van der Waals surface area contributed by atoms with Crippen molar-refractivity contribution in [2.24, 2.45) is 5.92 Å². The maximum atomic E-state index is 12.0. The largest absolute Gasteiger partial charge is 0.496 e. The van der Waals surface area contributed by atoms with E-state index in [4.69, 9.17) is 4.74 Å². The van der Waals surface area contributed by atoms with Gasteiger partial charge in [-0.1, -0.05) is 31.4 Å². The molecule has 132 valence electrons. The van der Waals surface area contributed by atoms with Gasteiger partial charge in [-0.25, -0.2) is 0 Å². The van der Waals surface area contributed by atoms with E-state index in [-0.39, 0.29) is 17.7 Å². The molecule has 0 aromatic heterocycles. The number of amides is 2. The second-order valence-corrected chi connectivity index (χ2v) is 6.46. The molecule has 1 aliphatic rings. The molecule has 0 atom stereocenters. The highest BCUT2D eigenvalue weighted by atomic mass is 16.5. The van der Waals surface area contributed by atoms with Gasteiger partial charge in [0, 0.05) is 25.4 Å². The smallest absolute Gasteiger partial charge is 0.223 e. The van der Waals surface area contributed by atoms with Crippen molar-refractivity contribution in [3.8, 4) is 5.75 Å². The fourth-order valence-electron chi connectivity index (χ4n) is 3.07. The van der Waals surface area contributed by atoms with Gasteiger partial charge < -0.3 is 15.4 Å². The molecule has 1 aromatic rings. The van der Waals surface area contributed by atoms with Gasteiger partial charge in [0.1, 0.15) is 5.75 Å². The number of aryl methyl sites for hydroxylation is 1. The monoisotopic (exact) mass is 332 g/mol. The first-order valence-electron chi connectivity index (χ1n) is 8.78. The van der Waals surface area contributed by atoms with E-state index in [0.717, 1.165) is 42.6 Å². The van der Waals surface area contributed by atoms with E-state index in [2.05, 4.69) is 10.6 Å². The average molecular weight is 332 g/mol. The summed E-state index contributed by atoms with van der Waals surface area (Å²) in [6.45, 7) is 2.85. The molecule has 2 N–H and O–H groups in total. The summed E-state index contributed by atoms with van der Waals surface area (Å²) in [6, 6.07) is 5.88. The third kappa shape index (κ3) is 5.55. The summed E-state index contributed by atoms with van der Waals surface area (Å²) in [6.07, 6.45) is 5.77. The Labute approximate surface area is 144 Å². The number of ether oxygens (including phenoxy) is 1. The van der Waals surface area contributed by atoms with Crippen LogP contribution in [0.3, 0.4) is 0 Å². The van der Waals surface area contributed by atoms with Crippen molar-refractivity contribution >= 4 is 11.8 Å². The highest BCUT2D eigenvalue weighted by molar-refractivity contribution is 5.80. The van der Waals surface area contributed by atoms with E-state index in [9.17, 15) is 9.59 Å². The van der Waals surface area contributed by atoms with Crippen molar-refractivity contribution in [3.05, 3.63) is 29.3 Å². The zero-order chi connectivity index (χ0) is 17.4. The van der Waals surface area contributed by atoms with Crippen molar-refractivity contribution in [1.82, 2.24) is 10.6 Å². The molecule has 24 heavy (non-hydrogen) atoms. The highest BCUT2D eigenvalue weighted by Crippen LogP contribution is 2.23. The lowest BCUT2D eigenvalue weighted by Gasteiger charge is -2.20. The molecule has 2 rings (SSSR count). The number of nitrogens with one attached hydrogen (secondary N) is 2. The zero-order valence-corrected chi connectivity index (χ0v) is 14.7. The van der Waals surface area contributed by atoms with Crippen LogP contribution in [0.1, 0.15) is 49.7 Å². The molecule has 5 nitrogen and oxygen atoms in total. The van der Waals surface area contributed by atoms with Crippen molar-refractivity contribution in [3.63, 3.8) is 0 Å². The van der Waals surface area contributed by atoms with Crippen LogP contribution in [0.25, 0.3) is 0 Å². The Morgan fingerprint density at radius 3 is 2.62 bits per heavy atom. The predicted molar refractivity (Wildman–Crippen MR) is 93.8 cm³/mol. The number of carbonyl (C=O) groups excluding carboxylic acids is 2. The summed E-state index contributed by atoms with van der Waals surface area (Å²) < 4.78 is 5.28. The first-order chi connectivity index (χ1) is 11.6. The van der Waals surface area contributed by atoms with Gasteiger partial charge in [0.25, 0.3) is 0 Å². The second-order valence-electron chi connectivity index (χ2n) is 6.46. The number of carbonyl (C=O) groups is 2. The number of hydrogen-bond donors (Lipinski definition) is 2. The van der Waals surface area contributed by atoms with Gasteiger partial charge in [-0.05, 0) is 37.0 Å². The fourth-order valence-corrected chi connectivity index (χ4v) is 3.07. The van der Waals surface area contributed by atoms with Crippen LogP contribution in [0.5, 0.6) is 5.75 Å². The molecule has 5 heteroatoms. The second kappa shape index (κ2) is 9.30. The lowest BCUT2D eigenvalue weighted by molar-refractivity contribution is -0.126.